The number of carbonyl (C=O) groups is 2. The summed E-state index contributed by atoms with van der Waals surface area (Å²) in [5, 5.41) is 0. The summed E-state index contributed by atoms with van der Waals surface area (Å²) < 4.78 is 12.8. The van der Waals surface area contributed by atoms with Crippen LogP contribution in [-0.4, -0.2) is 54.3 Å². The molecule has 1 aromatic rings. The van der Waals surface area contributed by atoms with E-state index in [9.17, 15) is 14.0 Å². The molecule has 1 heterocycles. The second-order valence-electron chi connectivity index (χ2n) is 5.72. The first-order valence-corrected chi connectivity index (χ1v) is 7.49. The van der Waals surface area contributed by atoms with E-state index in [0.717, 1.165) is 12.0 Å². The number of amides is 2. The van der Waals surface area contributed by atoms with Gasteiger partial charge in [0, 0.05) is 26.1 Å². The monoisotopic (exact) mass is 307 g/mol. The zero-order valence-electron chi connectivity index (χ0n) is 12.8. The summed E-state index contributed by atoms with van der Waals surface area (Å²) in [5.74, 6) is -0.609. The van der Waals surface area contributed by atoms with Crippen LogP contribution in [0.25, 0.3) is 0 Å². The molecule has 120 valence electrons. The van der Waals surface area contributed by atoms with Gasteiger partial charge in [0.15, 0.2) is 0 Å². The molecule has 1 aromatic carbocycles. The minimum atomic E-state index is -0.408. The highest BCUT2D eigenvalue weighted by molar-refractivity contribution is 5.82. The third-order valence-corrected chi connectivity index (χ3v) is 4.10. The predicted octanol–water partition coefficient (Wildman–Crippen LogP) is 0.776. The fourth-order valence-corrected chi connectivity index (χ4v) is 2.66. The molecule has 1 atom stereocenters. The van der Waals surface area contributed by atoms with Crippen molar-refractivity contribution < 1.29 is 14.0 Å². The van der Waals surface area contributed by atoms with Crippen molar-refractivity contribution in [3.8, 4) is 0 Å². The van der Waals surface area contributed by atoms with Crippen LogP contribution in [0.1, 0.15) is 18.4 Å². The lowest BCUT2D eigenvalue weighted by atomic mass is 10.1. The lowest BCUT2D eigenvalue weighted by Crippen LogP contribution is -2.57. The summed E-state index contributed by atoms with van der Waals surface area (Å²) in [7, 11) is 1.84. The Labute approximate surface area is 129 Å². The minimum absolute atomic E-state index is 0.0430. The molecule has 2 rings (SSSR count). The predicted molar refractivity (Wildman–Crippen MR) is 81.5 cm³/mol. The highest BCUT2D eigenvalue weighted by Crippen LogP contribution is 2.12. The molecular formula is C16H22FN3O2. The summed E-state index contributed by atoms with van der Waals surface area (Å²) >= 11 is 0. The van der Waals surface area contributed by atoms with Crippen LogP contribution < -0.4 is 5.73 Å². The van der Waals surface area contributed by atoms with Crippen molar-refractivity contribution in [3.63, 3.8) is 0 Å². The highest BCUT2D eigenvalue weighted by Gasteiger charge is 2.30. The van der Waals surface area contributed by atoms with Gasteiger partial charge in [0.2, 0.25) is 11.8 Å². The molecule has 0 aromatic heterocycles. The molecule has 22 heavy (non-hydrogen) atoms. The lowest BCUT2D eigenvalue weighted by Gasteiger charge is -2.37. The molecular weight excluding hydrogens is 285 g/mol. The van der Waals surface area contributed by atoms with Crippen LogP contribution in [0.3, 0.4) is 0 Å². The van der Waals surface area contributed by atoms with Gasteiger partial charge in [-0.25, -0.2) is 4.39 Å². The van der Waals surface area contributed by atoms with Crippen molar-refractivity contribution >= 4 is 11.8 Å². The maximum atomic E-state index is 12.8. The van der Waals surface area contributed by atoms with Crippen LogP contribution in [0, 0.1) is 5.82 Å². The van der Waals surface area contributed by atoms with Gasteiger partial charge in [-0.2, -0.15) is 0 Å². The number of aryl methyl sites for hydroxylation is 1. The zero-order chi connectivity index (χ0) is 16.1. The first kappa shape index (κ1) is 16.4. The van der Waals surface area contributed by atoms with E-state index in [1.165, 1.54) is 12.1 Å². The van der Waals surface area contributed by atoms with E-state index in [1.807, 2.05) is 11.9 Å². The van der Waals surface area contributed by atoms with Crippen LogP contribution in [0.5, 0.6) is 0 Å². The van der Waals surface area contributed by atoms with Gasteiger partial charge in [-0.3, -0.25) is 14.5 Å². The van der Waals surface area contributed by atoms with Gasteiger partial charge >= 0.3 is 0 Å². The van der Waals surface area contributed by atoms with E-state index < -0.39 is 11.9 Å². The van der Waals surface area contributed by atoms with Crippen LogP contribution in [0.2, 0.25) is 0 Å². The number of benzene rings is 1. The summed E-state index contributed by atoms with van der Waals surface area (Å²) in [4.78, 5) is 27.2. The molecule has 0 aliphatic carbocycles. The van der Waals surface area contributed by atoms with Gasteiger partial charge in [0.05, 0.1) is 0 Å². The minimum Gasteiger partial charge on any atom is -0.368 e. The Kier molecular flexibility index (Phi) is 5.49. The zero-order valence-corrected chi connectivity index (χ0v) is 12.8. The highest BCUT2D eigenvalue weighted by atomic mass is 19.1. The number of carbonyl (C=O) groups excluding carboxylic acids is 2. The molecule has 0 radical (unpaired) electrons. The van der Waals surface area contributed by atoms with Crippen molar-refractivity contribution in [2.45, 2.75) is 25.3 Å². The molecule has 1 aliphatic heterocycles. The summed E-state index contributed by atoms with van der Waals surface area (Å²) in [6.45, 7) is 1.63. The van der Waals surface area contributed by atoms with E-state index in [2.05, 4.69) is 0 Å². The number of halogens is 1. The molecule has 1 aliphatic rings. The fourth-order valence-electron chi connectivity index (χ4n) is 2.66. The molecule has 0 saturated carbocycles. The van der Waals surface area contributed by atoms with E-state index in [0.29, 0.717) is 32.5 Å². The Hall–Kier alpha value is -1.95. The first-order valence-electron chi connectivity index (χ1n) is 7.49. The smallest absolute Gasteiger partial charge is 0.236 e. The fraction of sp³-hybridized carbons (Fsp3) is 0.500. The Bertz CT molecular complexity index is 533. The number of piperazine rings is 1. The molecule has 6 heteroatoms. The number of hydrogen-bond donors (Lipinski definition) is 1. The second kappa shape index (κ2) is 7.35. The maximum Gasteiger partial charge on any atom is 0.236 e. The van der Waals surface area contributed by atoms with Crippen molar-refractivity contribution in [1.82, 2.24) is 9.80 Å². The standard InChI is InChI=1S/C16H22FN3O2/c1-19-9-10-20(11-14(19)16(18)22)15(21)4-2-3-12-5-7-13(17)8-6-12/h5-8,14H,2-4,9-11H2,1H3,(H2,18,22)/t14-/m1/s1. The van der Waals surface area contributed by atoms with Gasteiger partial charge in [-0.15, -0.1) is 0 Å². The van der Waals surface area contributed by atoms with E-state index in [1.54, 1.807) is 17.0 Å². The van der Waals surface area contributed by atoms with Gasteiger partial charge < -0.3 is 10.6 Å². The average Bonchev–Trinajstić information content (AvgIpc) is 2.49. The van der Waals surface area contributed by atoms with Gasteiger partial charge in [0.25, 0.3) is 0 Å². The largest absolute Gasteiger partial charge is 0.368 e. The van der Waals surface area contributed by atoms with Gasteiger partial charge in [-0.1, -0.05) is 12.1 Å². The van der Waals surface area contributed by atoms with Crippen LogP contribution in [-0.2, 0) is 16.0 Å². The summed E-state index contributed by atoms with van der Waals surface area (Å²) in [5.41, 5.74) is 6.38. The second-order valence-corrected chi connectivity index (χ2v) is 5.72. The number of hydrogen-bond acceptors (Lipinski definition) is 3. The van der Waals surface area contributed by atoms with E-state index in [4.69, 9.17) is 5.73 Å². The topological polar surface area (TPSA) is 66.6 Å². The van der Waals surface area contributed by atoms with Gasteiger partial charge in [0.1, 0.15) is 11.9 Å². The van der Waals surface area contributed by atoms with Crippen LogP contribution >= 0.6 is 0 Å². The lowest BCUT2D eigenvalue weighted by molar-refractivity contribution is -0.136. The number of nitrogens with two attached hydrogens (primary N) is 1. The number of likely N-dealkylation sites (N-methyl/N-ethyl adjacent to an activating group) is 1. The van der Waals surface area contributed by atoms with E-state index in [-0.39, 0.29) is 11.7 Å². The Morgan fingerprint density at radius 1 is 1.27 bits per heavy atom. The third kappa shape index (κ3) is 4.27. The third-order valence-electron chi connectivity index (χ3n) is 4.10. The number of primary amides is 1. The normalized spacial score (nSPS) is 19.2. The van der Waals surface area contributed by atoms with E-state index >= 15 is 0 Å². The van der Waals surface area contributed by atoms with Crippen molar-refractivity contribution in [3.05, 3.63) is 35.6 Å². The molecule has 2 amide bonds. The number of rotatable bonds is 5. The molecule has 1 fully saturated rings. The Morgan fingerprint density at radius 2 is 1.95 bits per heavy atom. The average molecular weight is 307 g/mol. The maximum absolute atomic E-state index is 12.8. The molecule has 1 saturated heterocycles. The molecule has 2 N–H and O–H groups in total. The Balaban J connectivity index is 1.79. The first-order chi connectivity index (χ1) is 10.5. The van der Waals surface area contributed by atoms with Crippen molar-refractivity contribution in [2.24, 2.45) is 5.73 Å². The molecule has 0 bridgehead atoms. The Morgan fingerprint density at radius 3 is 2.59 bits per heavy atom. The SMILES string of the molecule is CN1CCN(C(=O)CCCc2ccc(F)cc2)C[C@@H]1C(N)=O. The van der Waals surface area contributed by atoms with Crippen molar-refractivity contribution in [2.75, 3.05) is 26.7 Å². The van der Waals surface area contributed by atoms with Gasteiger partial charge in [-0.05, 0) is 37.6 Å². The molecule has 0 unspecified atom stereocenters. The summed E-state index contributed by atoms with van der Waals surface area (Å²) in [6.07, 6.45) is 1.86. The van der Waals surface area contributed by atoms with Crippen molar-refractivity contribution in [1.29, 1.82) is 0 Å². The molecule has 5 nitrogen and oxygen atoms in total. The van der Waals surface area contributed by atoms with Crippen LogP contribution in [0.15, 0.2) is 24.3 Å². The number of nitrogens with zero attached hydrogens (tertiary/aromatic N) is 2. The van der Waals surface area contributed by atoms with Crippen LogP contribution in [0.4, 0.5) is 4.39 Å². The molecule has 0 spiro atoms. The quantitative estimate of drug-likeness (QED) is 0.874. The summed E-state index contributed by atoms with van der Waals surface area (Å²) in [6, 6.07) is 5.91.